The zero-order chi connectivity index (χ0) is 14.5. The Hall–Kier alpha value is -0.170. The summed E-state index contributed by atoms with van der Waals surface area (Å²) in [5.74, 6) is 0.0334. The number of rotatable bonds is 7. The molecule has 0 aliphatic rings. The maximum absolute atomic E-state index is 12.0. The Morgan fingerprint density at radius 1 is 1.33 bits per heavy atom. The number of ketones is 1. The third-order valence-electron chi connectivity index (χ3n) is 2.87. The predicted octanol–water partition coefficient (Wildman–Crippen LogP) is 2.69. The molecule has 18 heavy (non-hydrogen) atoms. The van der Waals surface area contributed by atoms with Gasteiger partial charge in [0.25, 0.3) is 0 Å². The van der Waals surface area contributed by atoms with Gasteiger partial charge in [-0.2, -0.15) is 0 Å². The molecule has 0 saturated carbocycles. The first kappa shape index (κ1) is 17.8. The largest absolute Gasteiger partial charge is 0.319 e. The zero-order valence-electron chi connectivity index (χ0n) is 12.0. The number of hydrogen-bond donors (Lipinski definition) is 1. The number of carbonyl (C=O) groups is 2. The van der Waals surface area contributed by atoms with Crippen molar-refractivity contribution < 1.29 is 9.59 Å². The normalized spacial score (nSPS) is 15.1. The average molecular weight is 368 g/mol. The lowest BCUT2D eigenvalue weighted by Crippen LogP contribution is -2.45. The molecular formula is C13H25IN2O2. The Morgan fingerprint density at radius 3 is 2.22 bits per heavy atom. The Bertz CT molecular complexity index is 300. The Balaban J connectivity index is 4.44. The molecule has 2 atom stereocenters. The van der Waals surface area contributed by atoms with Gasteiger partial charge in [0.1, 0.15) is 0 Å². The van der Waals surface area contributed by atoms with Crippen molar-refractivity contribution in [2.75, 3.05) is 0 Å². The summed E-state index contributed by atoms with van der Waals surface area (Å²) < 4.78 is 1.70. The van der Waals surface area contributed by atoms with Crippen molar-refractivity contribution in [1.29, 1.82) is 0 Å². The third kappa shape index (κ3) is 5.65. The summed E-state index contributed by atoms with van der Waals surface area (Å²) in [5, 5.41) is 0. The Morgan fingerprint density at radius 2 is 1.83 bits per heavy atom. The maximum Gasteiger partial charge on any atom is 0.231 e. The number of nitrogens with zero attached hydrogens (tertiary/aromatic N) is 1. The molecule has 0 fully saturated rings. The van der Waals surface area contributed by atoms with Crippen LogP contribution in [0.15, 0.2) is 0 Å². The number of carbonyl (C=O) groups excluding carboxylic acids is 2. The van der Waals surface area contributed by atoms with E-state index in [0.717, 1.165) is 6.42 Å². The van der Waals surface area contributed by atoms with Gasteiger partial charge in [0.2, 0.25) is 5.91 Å². The van der Waals surface area contributed by atoms with Gasteiger partial charge in [-0.15, -0.1) is 0 Å². The summed E-state index contributed by atoms with van der Waals surface area (Å²) in [5.41, 5.74) is 5.00. The standard InChI is InChI=1S/C13H25IN2O2/c1-6-7-11(17)16(14)10(3)8-9(2)12(18)13(4,5)15/h9-10H,6-8,15H2,1-5H3. The summed E-state index contributed by atoms with van der Waals surface area (Å²) in [6.45, 7) is 9.27. The van der Waals surface area contributed by atoms with Gasteiger partial charge >= 0.3 is 0 Å². The first-order chi connectivity index (χ1) is 8.11. The molecule has 0 radical (unpaired) electrons. The molecule has 4 nitrogen and oxygen atoms in total. The lowest BCUT2D eigenvalue weighted by Gasteiger charge is -2.27. The molecule has 0 aromatic heterocycles. The van der Waals surface area contributed by atoms with Gasteiger partial charge in [0.15, 0.2) is 5.78 Å². The van der Waals surface area contributed by atoms with Crippen LogP contribution in [0, 0.1) is 5.92 Å². The second-order valence-electron chi connectivity index (χ2n) is 5.53. The van der Waals surface area contributed by atoms with E-state index >= 15 is 0 Å². The van der Waals surface area contributed by atoms with Gasteiger partial charge in [-0.3, -0.25) is 12.7 Å². The van der Waals surface area contributed by atoms with Crippen LogP contribution in [-0.4, -0.2) is 26.4 Å². The van der Waals surface area contributed by atoms with Crippen molar-refractivity contribution in [3.63, 3.8) is 0 Å². The minimum absolute atomic E-state index is 0.0436. The van der Waals surface area contributed by atoms with Gasteiger partial charge in [-0.25, -0.2) is 0 Å². The molecule has 0 bridgehead atoms. The average Bonchev–Trinajstić information content (AvgIpc) is 2.25. The molecule has 0 aliphatic carbocycles. The van der Waals surface area contributed by atoms with Crippen LogP contribution >= 0.6 is 22.9 Å². The van der Waals surface area contributed by atoms with E-state index in [9.17, 15) is 9.59 Å². The highest BCUT2D eigenvalue weighted by molar-refractivity contribution is 14.1. The van der Waals surface area contributed by atoms with Crippen LogP contribution in [0.5, 0.6) is 0 Å². The Kier molecular flexibility index (Phi) is 7.36. The molecule has 2 N–H and O–H groups in total. The van der Waals surface area contributed by atoms with Gasteiger partial charge < -0.3 is 5.73 Å². The summed E-state index contributed by atoms with van der Waals surface area (Å²) >= 11 is 2.04. The monoisotopic (exact) mass is 368 g/mol. The smallest absolute Gasteiger partial charge is 0.231 e. The number of amides is 1. The van der Waals surface area contributed by atoms with Gasteiger partial charge in [-0.1, -0.05) is 13.8 Å². The number of Topliss-reactive ketones (excluding diaryl/α,β-unsaturated/α-hetero) is 1. The minimum Gasteiger partial charge on any atom is -0.319 e. The molecule has 0 saturated heterocycles. The number of hydrogen-bond acceptors (Lipinski definition) is 3. The van der Waals surface area contributed by atoms with Crippen LogP contribution in [-0.2, 0) is 9.59 Å². The molecule has 0 heterocycles. The molecule has 2 unspecified atom stereocenters. The van der Waals surface area contributed by atoms with Crippen molar-refractivity contribution in [2.24, 2.45) is 11.7 Å². The quantitative estimate of drug-likeness (QED) is 0.555. The topological polar surface area (TPSA) is 63.4 Å². The minimum atomic E-state index is -0.803. The van der Waals surface area contributed by atoms with E-state index < -0.39 is 5.54 Å². The third-order valence-corrected chi connectivity index (χ3v) is 4.36. The molecule has 1 amide bonds. The van der Waals surface area contributed by atoms with E-state index in [4.69, 9.17) is 5.73 Å². The van der Waals surface area contributed by atoms with Crippen molar-refractivity contribution >= 4 is 34.6 Å². The van der Waals surface area contributed by atoms with Gasteiger partial charge in [0.05, 0.1) is 28.4 Å². The Labute approximate surface area is 124 Å². The van der Waals surface area contributed by atoms with Crippen molar-refractivity contribution in [3.8, 4) is 0 Å². The maximum atomic E-state index is 12.0. The fourth-order valence-electron chi connectivity index (χ4n) is 1.91. The fraction of sp³-hybridized carbons (Fsp3) is 0.846. The molecule has 0 aromatic carbocycles. The highest BCUT2D eigenvalue weighted by Crippen LogP contribution is 2.20. The van der Waals surface area contributed by atoms with E-state index in [-0.39, 0.29) is 23.7 Å². The summed E-state index contributed by atoms with van der Waals surface area (Å²) in [4.78, 5) is 23.7. The van der Waals surface area contributed by atoms with E-state index in [0.29, 0.717) is 12.8 Å². The second kappa shape index (κ2) is 7.43. The van der Waals surface area contributed by atoms with E-state index in [1.165, 1.54) is 0 Å². The second-order valence-corrected chi connectivity index (χ2v) is 6.57. The molecule has 0 aliphatic heterocycles. The van der Waals surface area contributed by atoms with Crippen LogP contribution in [0.1, 0.15) is 53.9 Å². The van der Waals surface area contributed by atoms with Crippen LogP contribution in [0.3, 0.4) is 0 Å². The SMILES string of the molecule is CCCC(=O)N(I)C(C)CC(C)C(=O)C(C)(C)N. The molecule has 0 rings (SSSR count). The first-order valence-corrected chi connectivity index (χ1v) is 7.38. The number of halogens is 1. The van der Waals surface area contributed by atoms with Crippen LogP contribution in [0.4, 0.5) is 0 Å². The van der Waals surface area contributed by atoms with Crippen LogP contribution in [0.25, 0.3) is 0 Å². The summed E-state index contributed by atoms with van der Waals surface area (Å²) in [6, 6.07) is 0.0472. The number of nitrogens with two attached hydrogens (primary N) is 1. The highest BCUT2D eigenvalue weighted by Gasteiger charge is 2.29. The van der Waals surface area contributed by atoms with Crippen molar-refractivity contribution in [3.05, 3.63) is 0 Å². The molecule has 5 heteroatoms. The first-order valence-electron chi connectivity index (χ1n) is 6.42. The van der Waals surface area contributed by atoms with Crippen molar-refractivity contribution in [2.45, 2.75) is 65.5 Å². The van der Waals surface area contributed by atoms with Gasteiger partial charge in [0, 0.05) is 18.4 Å². The molecule has 0 spiro atoms. The van der Waals surface area contributed by atoms with Crippen LogP contribution in [0.2, 0.25) is 0 Å². The lowest BCUT2D eigenvalue weighted by molar-refractivity contribution is -0.129. The predicted molar refractivity (Wildman–Crippen MR) is 82.3 cm³/mol. The highest BCUT2D eigenvalue weighted by atomic mass is 127. The summed E-state index contributed by atoms with van der Waals surface area (Å²) in [6.07, 6.45) is 2.05. The van der Waals surface area contributed by atoms with Crippen LogP contribution < -0.4 is 5.73 Å². The fourth-order valence-corrected chi connectivity index (χ4v) is 2.38. The van der Waals surface area contributed by atoms with Crippen molar-refractivity contribution in [1.82, 2.24) is 3.11 Å². The zero-order valence-corrected chi connectivity index (χ0v) is 14.2. The molecule has 106 valence electrons. The lowest BCUT2D eigenvalue weighted by atomic mass is 9.87. The van der Waals surface area contributed by atoms with E-state index in [2.05, 4.69) is 0 Å². The van der Waals surface area contributed by atoms with Gasteiger partial charge in [-0.05, 0) is 33.6 Å². The van der Waals surface area contributed by atoms with E-state index in [1.807, 2.05) is 43.6 Å². The summed E-state index contributed by atoms with van der Waals surface area (Å²) in [7, 11) is 0. The molecular weight excluding hydrogens is 343 g/mol. The molecule has 0 aromatic rings. The van der Waals surface area contributed by atoms with E-state index in [1.54, 1.807) is 17.0 Å².